The molecule has 0 aromatic heterocycles. The molecule has 1 aromatic carbocycles. The van der Waals surface area contributed by atoms with E-state index >= 15 is 0 Å². The van der Waals surface area contributed by atoms with Crippen LogP contribution in [-0.4, -0.2) is 12.7 Å². The molecule has 1 saturated carbocycles. The fourth-order valence-electron chi connectivity index (χ4n) is 1.66. The summed E-state index contributed by atoms with van der Waals surface area (Å²) >= 11 is 0. The first-order valence-corrected chi connectivity index (χ1v) is 5.13. The van der Waals surface area contributed by atoms with Crippen LogP contribution in [-0.2, 0) is 13.0 Å². The monoisotopic (exact) mass is 193 g/mol. The Morgan fingerprint density at radius 1 is 1.21 bits per heavy atom. The molecule has 0 bridgehead atoms. The van der Waals surface area contributed by atoms with E-state index in [2.05, 4.69) is 17.4 Å². The Balaban J connectivity index is 1.99. The number of hydrogen-bond acceptors (Lipinski definition) is 1. The first-order chi connectivity index (χ1) is 6.72. The first-order valence-electron chi connectivity index (χ1n) is 5.13. The molecule has 1 aromatic rings. The van der Waals surface area contributed by atoms with E-state index in [4.69, 9.17) is 0 Å². The van der Waals surface area contributed by atoms with Gasteiger partial charge in [-0.25, -0.2) is 4.39 Å². The smallest absolute Gasteiger partial charge is 0.115 e. The fraction of sp³-hybridized carbons (Fsp3) is 0.500. The zero-order valence-electron chi connectivity index (χ0n) is 8.52. The molecule has 0 spiro atoms. The third kappa shape index (κ3) is 2.32. The summed E-state index contributed by atoms with van der Waals surface area (Å²) in [4.78, 5) is 0. The van der Waals surface area contributed by atoms with Gasteiger partial charge in [0.05, 0.1) is 0 Å². The SMILES string of the molecule is CNCc1ccc(CC2(F)CC2)cc1. The van der Waals surface area contributed by atoms with Gasteiger partial charge in [-0.05, 0) is 31.0 Å². The van der Waals surface area contributed by atoms with Crippen LogP contribution in [0.2, 0.25) is 0 Å². The van der Waals surface area contributed by atoms with Crippen molar-refractivity contribution in [2.45, 2.75) is 31.5 Å². The predicted octanol–water partition coefficient (Wildman–Crippen LogP) is 2.45. The van der Waals surface area contributed by atoms with Gasteiger partial charge in [-0.15, -0.1) is 0 Å². The molecule has 76 valence electrons. The lowest BCUT2D eigenvalue weighted by Crippen LogP contribution is -2.06. The molecule has 0 aliphatic heterocycles. The Bertz CT molecular complexity index is 301. The Hall–Kier alpha value is -0.890. The minimum absolute atomic E-state index is 0.590. The minimum atomic E-state index is -0.871. The number of rotatable bonds is 4. The molecule has 0 atom stereocenters. The van der Waals surface area contributed by atoms with E-state index in [-0.39, 0.29) is 0 Å². The third-order valence-corrected chi connectivity index (χ3v) is 2.72. The molecular formula is C12H16FN. The van der Waals surface area contributed by atoms with Crippen LogP contribution in [0.5, 0.6) is 0 Å². The normalized spacial score (nSPS) is 18.1. The molecule has 14 heavy (non-hydrogen) atoms. The second-order valence-electron chi connectivity index (χ2n) is 4.17. The largest absolute Gasteiger partial charge is 0.316 e. The molecule has 0 saturated heterocycles. The Kier molecular flexibility index (Phi) is 2.55. The Morgan fingerprint density at radius 3 is 2.29 bits per heavy atom. The molecule has 1 nitrogen and oxygen atoms in total. The van der Waals surface area contributed by atoms with Gasteiger partial charge in [0.15, 0.2) is 0 Å². The zero-order chi connectivity index (χ0) is 10.0. The highest BCUT2D eigenvalue weighted by molar-refractivity contribution is 5.25. The Labute approximate surface area is 84.3 Å². The zero-order valence-corrected chi connectivity index (χ0v) is 8.52. The molecule has 1 fully saturated rings. The van der Waals surface area contributed by atoms with Gasteiger partial charge >= 0.3 is 0 Å². The van der Waals surface area contributed by atoms with E-state index in [1.54, 1.807) is 0 Å². The van der Waals surface area contributed by atoms with Gasteiger partial charge in [0, 0.05) is 13.0 Å². The van der Waals surface area contributed by atoms with Crippen molar-refractivity contribution in [1.29, 1.82) is 0 Å². The van der Waals surface area contributed by atoms with Crippen LogP contribution in [0.1, 0.15) is 24.0 Å². The lowest BCUT2D eigenvalue weighted by atomic mass is 10.1. The molecule has 0 unspecified atom stereocenters. The molecule has 0 radical (unpaired) electrons. The summed E-state index contributed by atoms with van der Waals surface area (Å²) in [5.74, 6) is 0. The van der Waals surface area contributed by atoms with Crippen LogP contribution in [0.3, 0.4) is 0 Å². The minimum Gasteiger partial charge on any atom is -0.316 e. The molecule has 1 aliphatic carbocycles. The van der Waals surface area contributed by atoms with Crippen LogP contribution in [0, 0.1) is 0 Å². The van der Waals surface area contributed by atoms with Gasteiger partial charge in [0.2, 0.25) is 0 Å². The maximum atomic E-state index is 13.4. The second-order valence-corrected chi connectivity index (χ2v) is 4.17. The van der Waals surface area contributed by atoms with Gasteiger partial charge in [-0.1, -0.05) is 24.3 Å². The van der Waals surface area contributed by atoms with Crippen molar-refractivity contribution in [3.8, 4) is 0 Å². The molecule has 2 heteroatoms. The highest BCUT2D eigenvalue weighted by Gasteiger charge is 2.42. The summed E-state index contributed by atoms with van der Waals surface area (Å²) in [7, 11) is 1.93. The summed E-state index contributed by atoms with van der Waals surface area (Å²) in [5.41, 5.74) is 1.50. The van der Waals surface area contributed by atoms with Crippen LogP contribution >= 0.6 is 0 Å². The number of benzene rings is 1. The molecule has 1 aliphatic rings. The van der Waals surface area contributed by atoms with Gasteiger partial charge in [-0.2, -0.15) is 0 Å². The molecule has 1 N–H and O–H groups in total. The Morgan fingerprint density at radius 2 is 1.79 bits per heavy atom. The molecular weight excluding hydrogens is 177 g/mol. The van der Waals surface area contributed by atoms with E-state index < -0.39 is 5.67 Å². The lowest BCUT2D eigenvalue weighted by molar-refractivity contribution is 0.308. The average molecular weight is 193 g/mol. The molecule has 0 heterocycles. The van der Waals surface area contributed by atoms with E-state index in [0.717, 1.165) is 24.9 Å². The number of alkyl halides is 1. The van der Waals surface area contributed by atoms with Gasteiger partial charge in [-0.3, -0.25) is 0 Å². The van der Waals surface area contributed by atoms with Gasteiger partial charge in [0.25, 0.3) is 0 Å². The van der Waals surface area contributed by atoms with E-state index in [1.807, 2.05) is 19.2 Å². The summed E-state index contributed by atoms with van der Waals surface area (Å²) in [5, 5.41) is 3.09. The lowest BCUT2D eigenvalue weighted by Gasteiger charge is -2.06. The second kappa shape index (κ2) is 3.70. The summed E-state index contributed by atoms with van der Waals surface area (Å²) < 4.78 is 13.4. The number of hydrogen-bond donors (Lipinski definition) is 1. The fourth-order valence-corrected chi connectivity index (χ4v) is 1.66. The maximum absolute atomic E-state index is 13.4. The first kappa shape index (κ1) is 9.66. The van der Waals surface area contributed by atoms with E-state index in [1.165, 1.54) is 5.56 Å². The van der Waals surface area contributed by atoms with Crippen LogP contribution in [0.4, 0.5) is 4.39 Å². The van der Waals surface area contributed by atoms with Crippen LogP contribution < -0.4 is 5.32 Å². The highest BCUT2D eigenvalue weighted by atomic mass is 19.1. The average Bonchev–Trinajstić information content (AvgIpc) is 2.88. The van der Waals surface area contributed by atoms with Crippen molar-refractivity contribution in [3.63, 3.8) is 0 Å². The van der Waals surface area contributed by atoms with Gasteiger partial charge in [0.1, 0.15) is 5.67 Å². The van der Waals surface area contributed by atoms with E-state index in [9.17, 15) is 4.39 Å². The van der Waals surface area contributed by atoms with Crippen molar-refractivity contribution < 1.29 is 4.39 Å². The summed E-state index contributed by atoms with van der Waals surface area (Å²) in [6.07, 6.45) is 2.07. The van der Waals surface area contributed by atoms with Crippen molar-refractivity contribution >= 4 is 0 Å². The van der Waals surface area contributed by atoms with Crippen molar-refractivity contribution in [2.75, 3.05) is 7.05 Å². The quantitative estimate of drug-likeness (QED) is 0.774. The highest BCUT2D eigenvalue weighted by Crippen LogP contribution is 2.42. The molecule has 2 rings (SSSR count). The van der Waals surface area contributed by atoms with Crippen molar-refractivity contribution in [3.05, 3.63) is 35.4 Å². The third-order valence-electron chi connectivity index (χ3n) is 2.72. The summed E-state index contributed by atoms with van der Waals surface area (Å²) in [6, 6.07) is 8.20. The van der Waals surface area contributed by atoms with Crippen molar-refractivity contribution in [2.24, 2.45) is 0 Å². The van der Waals surface area contributed by atoms with Crippen LogP contribution in [0.15, 0.2) is 24.3 Å². The van der Waals surface area contributed by atoms with Crippen LogP contribution in [0.25, 0.3) is 0 Å². The maximum Gasteiger partial charge on any atom is 0.115 e. The number of nitrogens with one attached hydrogen (secondary N) is 1. The van der Waals surface area contributed by atoms with E-state index in [0.29, 0.717) is 6.42 Å². The number of halogens is 1. The predicted molar refractivity (Wildman–Crippen MR) is 56.0 cm³/mol. The van der Waals surface area contributed by atoms with Crippen molar-refractivity contribution in [1.82, 2.24) is 5.32 Å². The standard InChI is InChI=1S/C12H16FN/c1-14-9-11-4-2-10(3-5-11)8-12(13)6-7-12/h2-5,14H,6-9H2,1H3. The summed E-state index contributed by atoms with van der Waals surface area (Å²) in [6.45, 7) is 0.876. The van der Waals surface area contributed by atoms with Gasteiger partial charge < -0.3 is 5.32 Å². The topological polar surface area (TPSA) is 12.0 Å². The molecule has 0 amide bonds.